The van der Waals surface area contributed by atoms with Gasteiger partial charge in [0.05, 0.1) is 18.2 Å². The van der Waals surface area contributed by atoms with Gasteiger partial charge in [-0.2, -0.15) is 0 Å². The van der Waals surface area contributed by atoms with E-state index < -0.39 is 0 Å². The average molecular weight is 370 g/mol. The lowest BCUT2D eigenvalue weighted by Crippen LogP contribution is -2.02. The lowest BCUT2D eigenvalue weighted by molar-refractivity contribution is 0.297. The fraction of sp³-hybridized carbons (Fsp3) is 0.267. The van der Waals surface area contributed by atoms with Gasteiger partial charge in [0.2, 0.25) is 0 Å². The molecule has 21 heavy (non-hydrogen) atoms. The van der Waals surface area contributed by atoms with Crippen molar-refractivity contribution >= 4 is 33.3 Å². The van der Waals surface area contributed by atoms with Crippen molar-refractivity contribution in [3.05, 3.63) is 45.5 Å². The second kappa shape index (κ2) is 6.54. The van der Waals surface area contributed by atoms with E-state index in [2.05, 4.69) is 26.2 Å². The van der Waals surface area contributed by atoms with Crippen LogP contribution in [0.3, 0.4) is 0 Å². The Morgan fingerprint density at radius 1 is 1.24 bits per heavy atom. The van der Waals surface area contributed by atoms with Crippen molar-refractivity contribution in [1.82, 2.24) is 4.98 Å². The van der Waals surface area contributed by atoms with Gasteiger partial charge in [-0.25, -0.2) is 4.98 Å². The number of rotatable bonds is 3. The molecule has 3 rings (SSSR count). The summed E-state index contributed by atoms with van der Waals surface area (Å²) in [6, 6.07) is 7.70. The predicted molar refractivity (Wildman–Crippen MR) is 86.3 cm³/mol. The molecule has 0 aliphatic carbocycles. The van der Waals surface area contributed by atoms with Crippen LogP contribution < -0.4 is 14.8 Å². The fourth-order valence-electron chi connectivity index (χ4n) is 2.06. The first-order chi connectivity index (χ1) is 10.2. The Kier molecular flexibility index (Phi) is 4.51. The van der Waals surface area contributed by atoms with Gasteiger partial charge in [0.1, 0.15) is 5.82 Å². The second-order valence-electron chi connectivity index (χ2n) is 4.67. The van der Waals surface area contributed by atoms with E-state index >= 15 is 0 Å². The maximum Gasteiger partial charge on any atom is 0.179 e. The van der Waals surface area contributed by atoms with Crippen molar-refractivity contribution in [2.75, 3.05) is 18.5 Å². The van der Waals surface area contributed by atoms with E-state index in [4.69, 9.17) is 21.1 Å². The Morgan fingerprint density at radius 2 is 2.10 bits per heavy atom. The van der Waals surface area contributed by atoms with Crippen LogP contribution in [-0.2, 0) is 6.54 Å². The summed E-state index contributed by atoms with van der Waals surface area (Å²) < 4.78 is 12.2. The quantitative estimate of drug-likeness (QED) is 0.877. The zero-order valence-electron chi connectivity index (χ0n) is 11.2. The van der Waals surface area contributed by atoms with Gasteiger partial charge in [0.15, 0.2) is 11.5 Å². The molecule has 1 aromatic carbocycles. The maximum atomic E-state index is 6.27. The van der Waals surface area contributed by atoms with Crippen LogP contribution in [0.1, 0.15) is 12.0 Å². The molecule has 1 N–H and O–H groups in total. The molecule has 6 heteroatoms. The molecule has 110 valence electrons. The molecule has 0 spiro atoms. The maximum absolute atomic E-state index is 6.27. The molecule has 0 fully saturated rings. The summed E-state index contributed by atoms with van der Waals surface area (Å²) in [4.78, 5) is 4.27. The van der Waals surface area contributed by atoms with Gasteiger partial charge in [-0.3, -0.25) is 0 Å². The normalized spacial score (nSPS) is 13.6. The van der Waals surface area contributed by atoms with E-state index in [1.807, 2.05) is 24.3 Å². The number of anilines is 1. The number of aromatic nitrogens is 1. The van der Waals surface area contributed by atoms with Gasteiger partial charge in [-0.05, 0) is 45.8 Å². The number of nitrogens with one attached hydrogen (secondary N) is 1. The molecule has 1 aliphatic rings. The van der Waals surface area contributed by atoms with Gasteiger partial charge in [0, 0.05) is 23.6 Å². The molecule has 4 nitrogen and oxygen atoms in total. The van der Waals surface area contributed by atoms with Crippen LogP contribution in [0.15, 0.2) is 34.9 Å². The van der Waals surface area contributed by atoms with Crippen molar-refractivity contribution in [3.8, 4) is 11.5 Å². The third-order valence-corrected chi connectivity index (χ3v) is 3.81. The molecule has 0 atom stereocenters. The Labute approximate surface area is 136 Å². The van der Waals surface area contributed by atoms with Crippen LogP contribution in [0.2, 0.25) is 5.02 Å². The minimum atomic E-state index is 0.579. The van der Waals surface area contributed by atoms with Gasteiger partial charge in [-0.15, -0.1) is 0 Å². The monoisotopic (exact) mass is 368 g/mol. The summed E-state index contributed by atoms with van der Waals surface area (Å²) in [5.74, 6) is 2.15. The van der Waals surface area contributed by atoms with Crippen molar-refractivity contribution in [3.63, 3.8) is 0 Å². The van der Waals surface area contributed by atoms with Crippen molar-refractivity contribution in [1.29, 1.82) is 0 Å². The Hall–Kier alpha value is -1.46. The molecule has 1 aromatic heterocycles. The van der Waals surface area contributed by atoms with Gasteiger partial charge in [0.25, 0.3) is 0 Å². The van der Waals surface area contributed by atoms with Crippen molar-refractivity contribution < 1.29 is 9.47 Å². The van der Waals surface area contributed by atoms with Gasteiger partial charge >= 0.3 is 0 Å². The fourth-order valence-corrected chi connectivity index (χ4v) is 2.58. The van der Waals surface area contributed by atoms with E-state index in [0.29, 0.717) is 36.3 Å². The van der Waals surface area contributed by atoms with Gasteiger partial charge in [-0.1, -0.05) is 11.6 Å². The van der Waals surface area contributed by atoms with Crippen LogP contribution in [0.4, 0.5) is 5.82 Å². The lowest BCUT2D eigenvalue weighted by atomic mass is 10.2. The third kappa shape index (κ3) is 3.60. The number of hydrogen-bond donors (Lipinski definition) is 1. The predicted octanol–water partition coefficient (Wildman–Crippen LogP) is 4.27. The average Bonchev–Trinajstić information content (AvgIpc) is 2.72. The molecule has 2 aromatic rings. The number of pyridine rings is 1. The third-order valence-electron chi connectivity index (χ3n) is 3.06. The lowest BCUT2D eigenvalue weighted by Gasteiger charge is -2.12. The standard InChI is InChI=1S/C15H14BrClN2O2/c16-11-2-3-14(19-9-11)18-8-10-6-12(17)15-13(7-10)20-4-1-5-21-15/h2-3,6-7,9H,1,4-5,8H2,(H,18,19). The zero-order chi connectivity index (χ0) is 14.7. The summed E-state index contributed by atoms with van der Waals surface area (Å²) in [5.41, 5.74) is 1.02. The highest BCUT2D eigenvalue weighted by molar-refractivity contribution is 9.10. The summed E-state index contributed by atoms with van der Waals surface area (Å²) in [7, 11) is 0. The van der Waals surface area contributed by atoms with E-state index in [9.17, 15) is 0 Å². The minimum Gasteiger partial charge on any atom is -0.489 e. The highest BCUT2D eigenvalue weighted by atomic mass is 79.9. The Bertz CT molecular complexity index is 634. The molecule has 0 radical (unpaired) electrons. The molecular formula is C15H14BrClN2O2. The summed E-state index contributed by atoms with van der Waals surface area (Å²) in [5, 5.41) is 3.83. The number of fused-ring (bicyclic) bond motifs is 1. The zero-order valence-corrected chi connectivity index (χ0v) is 13.6. The number of nitrogens with zero attached hydrogens (tertiary/aromatic N) is 1. The van der Waals surface area contributed by atoms with Crippen LogP contribution in [0.25, 0.3) is 0 Å². The second-order valence-corrected chi connectivity index (χ2v) is 5.99. The Balaban J connectivity index is 1.75. The molecule has 2 heterocycles. The largest absolute Gasteiger partial charge is 0.489 e. The first kappa shape index (κ1) is 14.5. The van der Waals surface area contributed by atoms with Crippen LogP contribution in [0, 0.1) is 0 Å². The highest BCUT2D eigenvalue weighted by Crippen LogP contribution is 2.38. The van der Waals surface area contributed by atoms with Crippen molar-refractivity contribution in [2.24, 2.45) is 0 Å². The van der Waals surface area contributed by atoms with Crippen molar-refractivity contribution in [2.45, 2.75) is 13.0 Å². The molecular weight excluding hydrogens is 356 g/mol. The highest BCUT2D eigenvalue weighted by Gasteiger charge is 2.15. The number of halogens is 2. The smallest absolute Gasteiger partial charge is 0.179 e. The molecule has 0 bridgehead atoms. The number of hydrogen-bond acceptors (Lipinski definition) is 4. The SMILES string of the molecule is Clc1cc(CNc2ccc(Br)cn2)cc2c1OCCCO2. The van der Waals surface area contributed by atoms with Crippen LogP contribution in [-0.4, -0.2) is 18.2 Å². The minimum absolute atomic E-state index is 0.579. The summed E-state index contributed by atoms with van der Waals surface area (Å²) >= 11 is 9.63. The first-order valence-electron chi connectivity index (χ1n) is 6.66. The van der Waals surface area contributed by atoms with E-state index in [1.165, 1.54) is 0 Å². The van der Waals surface area contributed by atoms with Crippen LogP contribution in [0.5, 0.6) is 11.5 Å². The molecule has 0 saturated heterocycles. The van der Waals surface area contributed by atoms with E-state index in [-0.39, 0.29) is 0 Å². The van der Waals surface area contributed by atoms with Crippen LogP contribution >= 0.6 is 27.5 Å². The number of benzene rings is 1. The molecule has 0 amide bonds. The van der Waals surface area contributed by atoms with E-state index in [0.717, 1.165) is 22.3 Å². The summed E-state index contributed by atoms with van der Waals surface area (Å²) in [6.07, 6.45) is 2.62. The molecule has 0 saturated carbocycles. The van der Waals surface area contributed by atoms with Gasteiger partial charge < -0.3 is 14.8 Å². The first-order valence-corrected chi connectivity index (χ1v) is 7.83. The molecule has 0 unspecified atom stereocenters. The van der Waals surface area contributed by atoms with E-state index in [1.54, 1.807) is 6.20 Å². The Morgan fingerprint density at radius 3 is 2.90 bits per heavy atom. The summed E-state index contributed by atoms with van der Waals surface area (Å²) in [6.45, 7) is 1.90. The topological polar surface area (TPSA) is 43.4 Å². The molecule has 1 aliphatic heterocycles. The number of ether oxygens (including phenoxy) is 2.